The smallest absolute Gasteiger partial charge is 0.291 e. The van der Waals surface area contributed by atoms with Gasteiger partial charge in [-0.2, -0.15) is 4.98 Å². The van der Waals surface area contributed by atoms with E-state index in [4.69, 9.17) is 8.94 Å². The van der Waals surface area contributed by atoms with Crippen molar-refractivity contribution in [2.75, 3.05) is 13.1 Å². The predicted molar refractivity (Wildman–Crippen MR) is 97.9 cm³/mol. The molecule has 1 aromatic carbocycles. The summed E-state index contributed by atoms with van der Waals surface area (Å²) in [5.74, 6) is 1.50. The lowest BCUT2D eigenvalue weighted by Gasteiger charge is -2.31. The van der Waals surface area contributed by atoms with Crippen LogP contribution < -0.4 is 0 Å². The molecule has 1 fully saturated rings. The first-order chi connectivity index (χ1) is 13.6. The van der Waals surface area contributed by atoms with Crippen LogP contribution in [0, 0.1) is 18.7 Å². The number of carbonyl (C=O) groups is 1. The van der Waals surface area contributed by atoms with Crippen LogP contribution >= 0.6 is 0 Å². The monoisotopic (exact) mass is 384 g/mol. The zero-order valence-corrected chi connectivity index (χ0v) is 15.6. The van der Waals surface area contributed by atoms with Gasteiger partial charge in [-0.1, -0.05) is 5.16 Å². The standard InChI is InChI=1S/C20H21FN4O3/c1-13-18(27-12-22-13)20(26)25-10-8-14(9-11-25)2-7-17-23-19(28-24-17)15-3-5-16(21)6-4-15/h3-6,12,14H,2,7-11H2,1H3. The van der Waals surface area contributed by atoms with Crippen LogP contribution in [0.15, 0.2) is 39.6 Å². The first-order valence-electron chi connectivity index (χ1n) is 9.38. The summed E-state index contributed by atoms with van der Waals surface area (Å²) in [5.41, 5.74) is 1.33. The fourth-order valence-electron chi connectivity index (χ4n) is 3.47. The Labute approximate surface area is 161 Å². The molecule has 2 aromatic heterocycles. The van der Waals surface area contributed by atoms with E-state index in [1.165, 1.54) is 18.5 Å². The third-order valence-electron chi connectivity index (χ3n) is 5.18. The average molecular weight is 384 g/mol. The summed E-state index contributed by atoms with van der Waals surface area (Å²) in [6.45, 7) is 3.18. The van der Waals surface area contributed by atoms with Gasteiger partial charge in [-0.25, -0.2) is 9.37 Å². The molecular formula is C20H21FN4O3. The molecular weight excluding hydrogens is 363 g/mol. The van der Waals surface area contributed by atoms with Crippen LogP contribution in [-0.4, -0.2) is 39.0 Å². The number of rotatable bonds is 5. The lowest BCUT2D eigenvalue weighted by atomic mass is 9.92. The normalized spacial score (nSPS) is 15.1. The number of halogens is 1. The summed E-state index contributed by atoms with van der Waals surface area (Å²) in [7, 11) is 0. The maximum Gasteiger partial charge on any atom is 0.291 e. The highest BCUT2D eigenvalue weighted by Gasteiger charge is 2.26. The summed E-state index contributed by atoms with van der Waals surface area (Å²) in [5, 5.41) is 4.02. The van der Waals surface area contributed by atoms with Gasteiger partial charge in [-0.15, -0.1) is 0 Å². The molecule has 146 valence electrons. The van der Waals surface area contributed by atoms with Crippen LogP contribution in [-0.2, 0) is 6.42 Å². The molecule has 28 heavy (non-hydrogen) atoms. The minimum absolute atomic E-state index is 0.0874. The molecule has 0 bridgehead atoms. The molecule has 3 heterocycles. The molecule has 0 aliphatic carbocycles. The van der Waals surface area contributed by atoms with Crippen molar-refractivity contribution in [3.8, 4) is 11.5 Å². The van der Waals surface area contributed by atoms with Crippen molar-refractivity contribution in [3.63, 3.8) is 0 Å². The van der Waals surface area contributed by atoms with Crippen LogP contribution in [0.1, 0.15) is 41.3 Å². The Hall–Kier alpha value is -3.03. The molecule has 0 N–H and O–H groups in total. The molecule has 1 aliphatic heterocycles. The Morgan fingerprint density at radius 1 is 1.25 bits per heavy atom. The van der Waals surface area contributed by atoms with E-state index in [1.807, 2.05) is 4.90 Å². The lowest BCUT2D eigenvalue weighted by molar-refractivity contribution is 0.0653. The zero-order chi connectivity index (χ0) is 19.5. The maximum atomic E-state index is 13.0. The van der Waals surface area contributed by atoms with Crippen molar-refractivity contribution in [1.82, 2.24) is 20.0 Å². The fourth-order valence-corrected chi connectivity index (χ4v) is 3.47. The van der Waals surface area contributed by atoms with Gasteiger partial charge >= 0.3 is 0 Å². The quantitative estimate of drug-likeness (QED) is 0.667. The van der Waals surface area contributed by atoms with Crippen LogP contribution in [0.5, 0.6) is 0 Å². The first kappa shape index (κ1) is 18.3. The summed E-state index contributed by atoms with van der Waals surface area (Å²) < 4.78 is 23.5. The third-order valence-corrected chi connectivity index (χ3v) is 5.18. The van der Waals surface area contributed by atoms with Gasteiger partial charge in [0.2, 0.25) is 5.76 Å². The van der Waals surface area contributed by atoms with E-state index in [2.05, 4.69) is 15.1 Å². The Morgan fingerprint density at radius 2 is 2.00 bits per heavy atom. The minimum Gasteiger partial charge on any atom is -0.438 e. The van der Waals surface area contributed by atoms with E-state index >= 15 is 0 Å². The number of nitrogens with zero attached hydrogens (tertiary/aromatic N) is 4. The van der Waals surface area contributed by atoms with E-state index in [1.54, 1.807) is 19.1 Å². The molecule has 0 spiro atoms. The molecule has 0 atom stereocenters. The third kappa shape index (κ3) is 3.95. The first-order valence-corrected chi connectivity index (χ1v) is 9.38. The number of likely N-dealkylation sites (tertiary alicyclic amines) is 1. The molecule has 0 unspecified atom stereocenters. The van der Waals surface area contributed by atoms with Gasteiger partial charge in [0.25, 0.3) is 11.8 Å². The lowest BCUT2D eigenvalue weighted by Crippen LogP contribution is -2.38. The van der Waals surface area contributed by atoms with Crippen LogP contribution in [0.4, 0.5) is 4.39 Å². The van der Waals surface area contributed by atoms with Crippen LogP contribution in [0.2, 0.25) is 0 Å². The highest BCUT2D eigenvalue weighted by molar-refractivity contribution is 5.92. The molecule has 1 amide bonds. The van der Waals surface area contributed by atoms with Gasteiger partial charge < -0.3 is 13.8 Å². The molecule has 3 aromatic rings. The molecule has 1 aliphatic rings. The van der Waals surface area contributed by atoms with Crippen LogP contribution in [0.3, 0.4) is 0 Å². The second-order valence-electron chi connectivity index (χ2n) is 7.06. The predicted octanol–water partition coefficient (Wildman–Crippen LogP) is 3.66. The number of hydrogen-bond acceptors (Lipinski definition) is 6. The van der Waals surface area contributed by atoms with E-state index in [9.17, 15) is 9.18 Å². The Bertz CT molecular complexity index is 943. The van der Waals surface area contributed by atoms with E-state index in [-0.39, 0.29) is 11.7 Å². The number of amides is 1. The molecule has 8 heteroatoms. The van der Waals surface area contributed by atoms with Gasteiger partial charge in [0, 0.05) is 25.1 Å². The SMILES string of the molecule is Cc1ncoc1C(=O)N1CCC(CCc2noc(-c3ccc(F)cc3)n2)CC1. The molecule has 0 radical (unpaired) electrons. The number of aryl methyl sites for hydroxylation is 2. The highest BCUT2D eigenvalue weighted by Crippen LogP contribution is 2.24. The van der Waals surface area contributed by atoms with Gasteiger partial charge in [-0.3, -0.25) is 4.79 Å². The molecule has 4 rings (SSSR count). The topological polar surface area (TPSA) is 85.3 Å². The van der Waals surface area contributed by atoms with Crippen LogP contribution in [0.25, 0.3) is 11.5 Å². The van der Waals surface area contributed by atoms with E-state index in [0.717, 1.165) is 19.3 Å². The van der Waals surface area contributed by atoms with Crippen molar-refractivity contribution in [3.05, 3.63) is 53.8 Å². The van der Waals surface area contributed by atoms with Gasteiger partial charge in [0.05, 0.1) is 5.69 Å². The fraction of sp³-hybridized carbons (Fsp3) is 0.400. The van der Waals surface area contributed by atoms with Crippen molar-refractivity contribution >= 4 is 5.91 Å². The Kier molecular flexibility index (Phi) is 5.18. The van der Waals surface area contributed by atoms with E-state index < -0.39 is 0 Å². The molecule has 1 saturated heterocycles. The second-order valence-corrected chi connectivity index (χ2v) is 7.06. The Morgan fingerprint density at radius 3 is 2.68 bits per heavy atom. The largest absolute Gasteiger partial charge is 0.438 e. The number of carbonyl (C=O) groups excluding carboxylic acids is 1. The highest BCUT2D eigenvalue weighted by atomic mass is 19.1. The average Bonchev–Trinajstić information content (AvgIpc) is 3.36. The summed E-state index contributed by atoms with van der Waals surface area (Å²) >= 11 is 0. The van der Waals surface area contributed by atoms with Crippen molar-refractivity contribution in [2.45, 2.75) is 32.6 Å². The number of oxazole rings is 1. The number of hydrogen-bond donors (Lipinski definition) is 0. The summed E-state index contributed by atoms with van der Waals surface area (Å²) in [6, 6.07) is 5.98. The van der Waals surface area contributed by atoms with Crippen molar-refractivity contribution < 1.29 is 18.1 Å². The van der Waals surface area contributed by atoms with Crippen molar-refractivity contribution in [1.29, 1.82) is 0 Å². The van der Waals surface area contributed by atoms with Gasteiger partial charge in [-0.05, 0) is 56.4 Å². The number of aromatic nitrogens is 3. The zero-order valence-electron chi connectivity index (χ0n) is 15.6. The Balaban J connectivity index is 1.27. The summed E-state index contributed by atoms with van der Waals surface area (Å²) in [4.78, 5) is 22.7. The maximum absolute atomic E-state index is 13.0. The molecule has 7 nitrogen and oxygen atoms in total. The van der Waals surface area contributed by atoms with Gasteiger partial charge in [0.1, 0.15) is 5.82 Å². The number of benzene rings is 1. The van der Waals surface area contributed by atoms with Crippen molar-refractivity contribution in [2.24, 2.45) is 5.92 Å². The molecule has 0 saturated carbocycles. The second kappa shape index (κ2) is 7.92. The summed E-state index contributed by atoms with van der Waals surface area (Å²) in [6.07, 6.45) is 4.82. The minimum atomic E-state index is -0.299. The number of piperidine rings is 1. The van der Waals surface area contributed by atoms with E-state index in [0.29, 0.717) is 54.2 Å². The van der Waals surface area contributed by atoms with Gasteiger partial charge in [0.15, 0.2) is 12.2 Å².